The first-order chi connectivity index (χ1) is 18.8. The van der Waals surface area contributed by atoms with Crippen LogP contribution in [0.4, 0.5) is 10.6 Å². The molecule has 2 aromatic carbocycles. The lowest BCUT2D eigenvalue weighted by Gasteiger charge is -2.38. The van der Waals surface area contributed by atoms with Crippen molar-refractivity contribution in [2.24, 2.45) is 0 Å². The van der Waals surface area contributed by atoms with Crippen molar-refractivity contribution in [1.82, 2.24) is 18.8 Å². The summed E-state index contributed by atoms with van der Waals surface area (Å²) in [7, 11) is -3.78. The monoisotopic (exact) mass is 569 g/mol. The Hall–Kier alpha value is -3.67. The van der Waals surface area contributed by atoms with Crippen LogP contribution in [0.1, 0.15) is 24.0 Å². The predicted molar refractivity (Wildman–Crippen MR) is 148 cm³/mol. The van der Waals surface area contributed by atoms with Crippen LogP contribution in [-0.2, 0) is 27.1 Å². The number of fused-ring (bicyclic) bond motifs is 1. The maximum Gasteiger partial charge on any atom is 0.410 e. The van der Waals surface area contributed by atoms with Crippen LogP contribution in [0.3, 0.4) is 0 Å². The zero-order valence-corrected chi connectivity index (χ0v) is 22.6. The summed E-state index contributed by atoms with van der Waals surface area (Å²) in [6, 6.07) is 19.3. The van der Waals surface area contributed by atoms with E-state index in [4.69, 9.17) is 16.3 Å². The molecule has 1 amide bonds. The zero-order valence-electron chi connectivity index (χ0n) is 21.0. The molecule has 0 unspecified atom stereocenters. The fraction of sp³-hybridized carbons (Fsp3) is 0.296. The van der Waals surface area contributed by atoms with Crippen LogP contribution in [0, 0.1) is 0 Å². The van der Waals surface area contributed by atoms with Gasteiger partial charge in [0.25, 0.3) is 0 Å². The third-order valence-electron chi connectivity index (χ3n) is 6.67. The van der Waals surface area contributed by atoms with Gasteiger partial charge in [0.1, 0.15) is 12.4 Å². The van der Waals surface area contributed by atoms with Crippen molar-refractivity contribution in [3.8, 4) is 0 Å². The normalized spacial score (nSPS) is 17.7. The summed E-state index contributed by atoms with van der Waals surface area (Å²) in [5.74, 6) is 0.163. The second-order valence-electron chi connectivity index (χ2n) is 9.38. The molecule has 2 aromatic heterocycles. The van der Waals surface area contributed by atoms with Gasteiger partial charge >= 0.3 is 6.09 Å². The van der Waals surface area contributed by atoms with Gasteiger partial charge in [-0.3, -0.25) is 0 Å². The number of benzene rings is 2. The molecule has 1 aliphatic heterocycles. The van der Waals surface area contributed by atoms with Crippen LogP contribution >= 0.6 is 11.6 Å². The molecule has 39 heavy (non-hydrogen) atoms. The van der Waals surface area contributed by atoms with Gasteiger partial charge in [-0.2, -0.15) is 4.98 Å². The van der Waals surface area contributed by atoms with Crippen LogP contribution in [-0.4, -0.2) is 63.7 Å². The molecular weight excluding hydrogens is 542 g/mol. The number of halogens is 1. The highest BCUT2D eigenvalue weighted by Crippen LogP contribution is 2.28. The highest BCUT2D eigenvalue weighted by molar-refractivity contribution is 7.89. The maximum absolute atomic E-state index is 13.2. The van der Waals surface area contributed by atoms with Crippen LogP contribution in [0.15, 0.2) is 72.9 Å². The van der Waals surface area contributed by atoms with Crippen molar-refractivity contribution >= 4 is 44.6 Å². The lowest BCUT2D eigenvalue weighted by Crippen LogP contribution is -2.52. The Bertz CT molecular complexity index is 1550. The fourth-order valence-corrected chi connectivity index (χ4v) is 6.27. The third-order valence-corrected chi connectivity index (χ3v) is 8.43. The lowest BCUT2D eigenvalue weighted by molar-refractivity contribution is 0.0471. The Labute approximate surface area is 231 Å². The van der Waals surface area contributed by atoms with E-state index in [1.165, 1.54) is 11.1 Å². The number of nitrogens with zero attached hydrogens (tertiary/aromatic N) is 4. The Balaban J connectivity index is 1.34. The van der Waals surface area contributed by atoms with Crippen molar-refractivity contribution in [2.45, 2.75) is 37.3 Å². The number of ether oxygens (including phenoxy) is 1. The fourth-order valence-electron chi connectivity index (χ4n) is 4.71. The molecule has 1 aliphatic rings. The van der Waals surface area contributed by atoms with E-state index in [9.17, 15) is 18.3 Å². The molecule has 5 rings (SSSR count). The standard InChI is InChI=1S/C27H28ClN5O5S/c28-26-30-24(23-13-14-33(25(23)31-26)39(36,37)18-20-9-5-2-6-10-20)29-21-11-12-22(16-34)32(15-21)27(35)38-17-19-7-3-1-4-8-19/h1-10,13-14,21-22,34H,11-12,15-18H2,(H,29,30,31)/t21-,22-/m0/s1. The highest BCUT2D eigenvalue weighted by Gasteiger charge is 2.33. The van der Waals surface area contributed by atoms with Crippen LogP contribution in [0.25, 0.3) is 11.0 Å². The van der Waals surface area contributed by atoms with Gasteiger partial charge in [-0.05, 0) is 41.6 Å². The van der Waals surface area contributed by atoms with Gasteiger partial charge in [0.05, 0.1) is 23.8 Å². The number of aliphatic hydroxyl groups excluding tert-OH is 1. The molecule has 2 atom stereocenters. The second kappa shape index (κ2) is 11.6. The zero-order chi connectivity index (χ0) is 27.4. The molecular formula is C27H28ClN5O5S. The minimum Gasteiger partial charge on any atom is -0.445 e. The van der Waals surface area contributed by atoms with E-state index in [0.717, 1.165) is 9.54 Å². The lowest BCUT2D eigenvalue weighted by atomic mass is 9.99. The number of nitrogens with one attached hydrogen (secondary N) is 1. The van der Waals surface area contributed by atoms with E-state index in [1.54, 1.807) is 30.3 Å². The van der Waals surface area contributed by atoms with Gasteiger partial charge < -0.3 is 20.1 Å². The molecule has 1 fully saturated rings. The number of aromatic nitrogens is 3. The number of piperidine rings is 1. The van der Waals surface area contributed by atoms with E-state index < -0.39 is 16.1 Å². The second-order valence-corrected chi connectivity index (χ2v) is 11.6. The molecule has 0 spiro atoms. The van der Waals surface area contributed by atoms with Gasteiger partial charge in [-0.1, -0.05) is 60.7 Å². The molecule has 4 aromatic rings. The van der Waals surface area contributed by atoms with Crippen LogP contribution in [0.5, 0.6) is 0 Å². The van der Waals surface area contributed by atoms with Gasteiger partial charge in [-0.25, -0.2) is 22.2 Å². The summed E-state index contributed by atoms with van der Waals surface area (Å²) < 4.78 is 33.0. The minimum absolute atomic E-state index is 0.108. The van der Waals surface area contributed by atoms with Gasteiger partial charge in [0.2, 0.25) is 15.3 Å². The average molecular weight is 570 g/mol. The van der Waals surface area contributed by atoms with Crippen molar-refractivity contribution in [1.29, 1.82) is 0 Å². The first-order valence-electron chi connectivity index (χ1n) is 12.5. The Morgan fingerprint density at radius 1 is 1.03 bits per heavy atom. The number of carbonyl (C=O) groups excluding carboxylic acids is 1. The minimum atomic E-state index is -3.78. The number of hydrogen-bond acceptors (Lipinski definition) is 8. The van der Waals surface area contributed by atoms with Gasteiger partial charge in [0.15, 0.2) is 5.65 Å². The first-order valence-corrected chi connectivity index (χ1v) is 14.5. The molecule has 204 valence electrons. The molecule has 0 aliphatic carbocycles. The first kappa shape index (κ1) is 26.9. The van der Waals surface area contributed by atoms with Crippen molar-refractivity contribution in [3.05, 3.63) is 89.3 Å². The molecule has 12 heteroatoms. The molecule has 0 radical (unpaired) electrons. The molecule has 10 nitrogen and oxygen atoms in total. The van der Waals surface area contributed by atoms with Gasteiger partial charge in [-0.15, -0.1) is 0 Å². The number of anilines is 1. The number of likely N-dealkylation sites (tertiary alicyclic amines) is 1. The number of rotatable bonds is 8. The van der Waals surface area contributed by atoms with E-state index in [2.05, 4.69) is 15.3 Å². The largest absolute Gasteiger partial charge is 0.445 e. The maximum atomic E-state index is 13.2. The van der Waals surface area contributed by atoms with Gasteiger partial charge in [0, 0.05) is 18.8 Å². The summed E-state index contributed by atoms with van der Waals surface area (Å²) >= 11 is 6.22. The van der Waals surface area contributed by atoms with E-state index in [0.29, 0.717) is 29.6 Å². The summed E-state index contributed by atoms with van der Waals surface area (Å²) in [5.41, 5.74) is 1.68. The number of hydrogen-bond donors (Lipinski definition) is 2. The number of aliphatic hydroxyl groups is 1. The van der Waals surface area contributed by atoms with Crippen LogP contribution < -0.4 is 5.32 Å². The molecule has 0 bridgehead atoms. The third kappa shape index (κ3) is 6.16. The topological polar surface area (TPSA) is 127 Å². The summed E-state index contributed by atoms with van der Waals surface area (Å²) in [4.78, 5) is 22.9. The van der Waals surface area contributed by atoms with Crippen LogP contribution in [0.2, 0.25) is 5.28 Å². The van der Waals surface area contributed by atoms with Crippen molar-refractivity contribution in [3.63, 3.8) is 0 Å². The van der Waals surface area contributed by atoms with E-state index in [1.807, 2.05) is 36.4 Å². The Morgan fingerprint density at radius 2 is 1.72 bits per heavy atom. The molecule has 2 N–H and O–H groups in total. The number of amides is 1. The molecule has 1 saturated heterocycles. The predicted octanol–water partition coefficient (Wildman–Crippen LogP) is 4.04. The molecule has 3 heterocycles. The Kier molecular flexibility index (Phi) is 8.01. The summed E-state index contributed by atoms with van der Waals surface area (Å²) in [5, 5.41) is 13.6. The summed E-state index contributed by atoms with van der Waals surface area (Å²) in [6.45, 7) is 0.202. The number of carbonyl (C=O) groups is 1. The van der Waals surface area contributed by atoms with Crippen molar-refractivity contribution in [2.75, 3.05) is 18.5 Å². The Morgan fingerprint density at radius 3 is 2.41 bits per heavy atom. The average Bonchev–Trinajstić information content (AvgIpc) is 3.38. The summed E-state index contributed by atoms with van der Waals surface area (Å²) in [6.07, 6.45) is 2.11. The highest BCUT2D eigenvalue weighted by atomic mass is 35.5. The van der Waals surface area contributed by atoms with Crippen molar-refractivity contribution < 1.29 is 23.1 Å². The smallest absolute Gasteiger partial charge is 0.410 e. The SMILES string of the molecule is O=C(OCc1ccccc1)N1C[C@@H](Nc2nc(Cl)nc3c2ccn3S(=O)(=O)Cc2ccccc2)CC[C@H]1CO. The van der Waals surface area contributed by atoms with E-state index >= 15 is 0 Å². The van der Waals surface area contributed by atoms with E-state index in [-0.39, 0.29) is 48.5 Å². The molecule has 0 saturated carbocycles. The quantitative estimate of drug-likeness (QED) is 0.304.